The Labute approximate surface area is 220 Å². The van der Waals surface area contributed by atoms with E-state index in [1.54, 1.807) is 30.3 Å². The monoisotopic (exact) mass is 533 g/mol. The van der Waals surface area contributed by atoms with Gasteiger partial charge in [0.1, 0.15) is 5.75 Å². The van der Waals surface area contributed by atoms with E-state index in [0.717, 1.165) is 27.4 Å². The molecular formula is C27H17Cl2N3O3S. The third-order valence-corrected chi connectivity index (χ3v) is 7.18. The summed E-state index contributed by atoms with van der Waals surface area (Å²) >= 11 is 12.8. The van der Waals surface area contributed by atoms with Gasteiger partial charge in [0.15, 0.2) is 0 Å². The van der Waals surface area contributed by atoms with Crippen molar-refractivity contribution in [1.82, 2.24) is 4.90 Å². The van der Waals surface area contributed by atoms with E-state index in [1.165, 1.54) is 12.1 Å². The molecule has 0 radical (unpaired) electrons. The summed E-state index contributed by atoms with van der Waals surface area (Å²) in [6.45, 7) is 0.0597. The Kier molecular flexibility index (Phi) is 6.78. The summed E-state index contributed by atoms with van der Waals surface area (Å²) in [7, 11) is 0. The number of azo groups is 1. The number of thioether (sulfide) groups is 1. The van der Waals surface area contributed by atoms with Gasteiger partial charge < -0.3 is 5.11 Å². The number of phenolic OH excluding ortho intramolecular Hbond substituents is 1. The largest absolute Gasteiger partial charge is 0.507 e. The van der Waals surface area contributed by atoms with Gasteiger partial charge in [0.25, 0.3) is 11.1 Å². The maximum Gasteiger partial charge on any atom is 0.293 e. The average molecular weight is 534 g/mol. The maximum absolute atomic E-state index is 12.9. The van der Waals surface area contributed by atoms with Crippen molar-refractivity contribution in [2.24, 2.45) is 10.2 Å². The van der Waals surface area contributed by atoms with Gasteiger partial charge in [-0.1, -0.05) is 65.7 Å². The third-order valence-electron chi connectivity index (χ3n) is 5.54. The van der Waals surface area contributed by atoms with E-state index >= 15 is 0 Å². The minimum atomic E-state index is -0.460. The lowest BCUT2D eigenvalue weighted by Crippen LogP contribution is -2.27. The van der Waals surface area contributed by atoms with Gasteiger partial charge >= 0.3 is 0 Å². The molecule has 0 spiro atoms. The zero-order valence-electron chi connectivity index (χ0n) is 18.6. The first-order valence-corrected chi connectivity index (χ1v) is 12.4. The number of hydrogen-bond acceptors (Lipinski definition) is 6. The second-order valence-electron chi connectivity index (χ2n) is 7.96. The van der Waals surface area contributed by atoms with E-state index in [4.69, 9.17) is 23.2 Å². The third kappa shape index (κ3) is 4.99. The van der Waals surface area contributed by atoms with Crippen LogP contribution in [0.4, 0.5) is 16.2 Å². The zero-order chi connectivity index (χ0) is 25.2. The Morgan fingerprint density at radius 2 is 1.69 bits per heavy atom. The van der Waals surface area contributed by atoms with Crippen molar-refractivity contribution in [1.29, 1.82) is 0 Å². The minimum Gasteiger partial charge on any atom is -0.507 e. The van der Waals surface area contributed by atoms with Gasteiger partial charge in [0.2, 0.25) is 0 Å². The highest BCUT2D eigenvalue weighted by molar-refractivity contribution is 8.18. The molecule has 178 valence electrons. The molecule has 0 bridgehead atoms. The Morgan fingerprint density at radius 3 is 2.53 bits per heavy atom. The summed E-state index contributed by atoms with van der Waals surface area (Å²) in [5.74, 6) is -0.506. The fourth-order valence-electron chi connectivity index (χ4n) is 3.72. The lowest BCUT2D eigenvalue weighted by molar-refractivity contribution is -0.123. The van der Waals surface area contributed by atoms with Gasteiger partial charge in [0.05, 0.1) is 32.9 Å². The molecule has 0 atom stereocenters. The predicted molar refractivity (Wildman–Crippen MR) is 144 cm³/mol. The molecule has 2 amide bonds. The Hall–Kier alpha value is -3.65. The number of benzene rings is 4. The summed E-state index contributed by atoms with van der Waals surface area (Å²) < 4.78 is 0. The topological polar surface area (TPSA) is 82.3 Å². The van der Waals surface area contributed by atoms with Crippen molar-refractivity contribution in [3.8, 4) is 5.75 Å². The maximum atomic E-state index is 12.9. The van der Waals surface area contributed by atoms with Crippen LogP contribution in [0.3, 0.4) is 0 Å². The SMILES string of the molecule is O=C1S/C(=C\c2cc(N=Nc3cccc4ccccc34)ccc2O)C(=O)N1Cc1ccc(Cl)c(Cl)c1. The number of imide groups is 1. The smallest absolute Gasteiger partial charge is 0.293 e. The molecule has 4 aromatic rings. The fourth-order valence-corrected chi connectivity index (χ4v) is 4.87. The number of hydrogen-bond donors (Lipinski definition) is 1. The van der Waals surface area contributed by atoms with Crippen LogP contribution >= 0.6 is 35.0 Å². The highest BCUT2D eigenvalue weighted by Crippen LogP contribution is 2.36. The molecule has 36 heavy (non-hydrogen) atoms. The number of nitrogens with zero attached hydrogens (tertiary/aromatic N) is 3. The van der Waals surface area contributed by atoms with Crippen molar-refractivity contribution in [3.05, 3.63) is 105 Å². The molecule has 5 rings (SSSR count). The van der Waals surface area contributed by atoms with Crippen LogP contribution in [0.15, 0.2) is 94.0 Å². The molecule has 1 saturated heterocycles. The fraction of sp³-hybridized carbons (Fsp3) is 0.0370. The number of carbonyl (C=O) groups is 2. The molecule has 0 saturated carbocycles. The molecule has 0 unspecified atom stereocenters. The van der Waals surface area contributed by atoms with Crippen LogP contribution in [-0.2, 0) is 11.3 Å². The number of rotatable bonds is 5. The van der Waals surface area contributed by atoms with E-state index in [0.29, 0.717) is 32.5 Å². The summed E-state index contributed by atoms with van der Waals surface area (Å²) in [5.41, 5.74) is 2.23. The minimum absolute atomic E-state index is 0.0459. The lowest BCUT2D eigenvalue weighted by atomic mass is 10.1. The highest BCUT2D eigenvalue weighted by atomic mass is 35.5. The first kappa shape index (κ1) is 24.1. The van der Waals surface area contributed by atoms with Crippen LogP contribution in [0.1, 0.15) is 11.1 Å². The molecule has 6 nitrogen and oxygen atoms in total. The van der Waals surface area contributed by atoms with Crippen LogP contribution in [-0.4, -0.2) is 21.2 Å². The Balaban J connectivity index is 1.39. The number of carbonyl (C=O) groups excluding carboxylic acids is 2. The summed E-state index contributed by atoms with van der Waals surface area (Å²) in [6.07, 6.45) is 1.48. The molecule has 1 aliphatic rings. The van der Waals surface area contributed by atoms with Crippen LogP contribution < -0.4 is 0 Å². The van der Waals surface area contributed by atoms with E-state index in [-0.39, 0.29) is 17.2 Å². The second kappa shape index (κ2) is 10.1. The van der Waals surface area contributed by atoms with Gasteiger partial charge in [0, 0.05) is 10.9 Å². The van der Waals surface area contributed by atoms with Gasteiger partial charge in [-0.15, -0.1) is 5.11 Å². The molecule has 1 aliphatic heterocycles. The van der Waals surface area contributed by atoms with Crippen LogP contribution in [0.25, 0.3) is 16.8 Å². The Bertz CT molecular complexity index is 1580. The van der Waals surface area contributed by atoms with E-state index in [1.807, 2.05) is 42.5 Å². The molecule has 0 aromatic heterocycles. The molecule has 9 heteroatoms. The van der Waals surface area contributed by atoms with Gasteiger partial charge in [-0.3, -0.25) is 14.5 Å². The summed E-state index contributed by atoms with van der Waals surface area (Å²) in [4.78, 5) is 26.8. The van der Waals surface area contributed by atoms with Crippen molar-refractivity contribution in [2.75, 3.05) is 0 Å². The molecule has 4 aromatic carbocycles. The van der Waals surface area contributed by atoms with Gasteiger partial charge in [-0.05, 0) is 65.2 Å². The van der Waals surface area contributed by atoms with Crippen molar-refractivity contribution >= 4 is 74.3 Å². The molecule has 0 aliphatic carbocycles. The van der Waals surface area contributed by atoms with Crippen LogP contribution in [0, 0.1) is 0 Å². The van der Waals surface area contributed by atoms with E-state index < -0.39 is 11.1 Å². The van der Waals surface area contributed by atoms with Crippen molar-refractivity contribution in [3.63, 3.8) is 0 Å². The second-order valence-corrected chi connectivity index (χ2v) is 9.77. The van der Waals surface area contributed by atoms with E-state index in [9.17, 15) is 14.7 Å². The molecule has 1 N–H and O–H groups in total. The number of amides is 2. The summed E-state index contributed by atoms with van der Waals surface area (Å²) in [5, 5.41) is 21.4. The zero-order valence-corrected chi connectivity index (χ0v) is 20.9. The first-order chi connectivity index (χ1) is 17.4. The quantitative estimate of drug-likeness (QED) is 0.206. The number of phenols is 1. The molecular weight excluding hydrogens is 517 g/mol. The first-order valence-electron chi connectivity index (χ1n) is 10.8. The Morgan fingerprint density at radius 1 is 0.889 bits per heavy atom. The highest BCUT2D eigenvalue weighted by Gasteiger charge is 2.35. The summed E-state index contributed by atoms with van der Waals surface area (Å²) in [6, 6.07) is 23.3. The van der Waals surface area contributed by atoms with Crippen molar-refractivity contribution in [2.45, 2.75) is 6.54 Å². The molecule has 1 fully saturated rings. The number of fused-ring (bicyclic) bond motifs is 1. The lowest BCUT2D eigenvalue weighted by Gasteiger charge is -2.13. The van der Waals surface area contributed by atoms with Crippen LogP contribution in [0.5, 0.6) is 5.75 Å². The number of aromatic hydroxyl groups is 1. The van der Waals surface area contributed by atoms with Crippen molar-refractivity contribution < 1.29 is 14.7 Å². The number of halogens is 2. The standard InChI is InChI=1S/C27H17Cl2N3O3S/c28-21-10-8-16(12-22(21)29)15-32-26(34)25(36-27(32)35)14-18-13-19(9-11-24(18)33)30-31-23-7-3-5-17-4-1-2-6-20(17)23/h1-14,33H,15H2/b25-14-,31-30?. The van der Waals surface area contributed by atoms with Gasteiger partial charge in [-0.2, -0.15) is 5.11 Å². The average Bonchev–Trinajstić information content (AvgIpc) is 3.14. The normalized spacial score (nSPS) is 15.1. The predicted octanol–water partition coefficient (Wildman–Crippen LogP) is 8.50. The van der Waals surface area contributed by atoms with Crippen LogP contribution in [0.2, 0.25) is 10.0 Å². The van der Waals surface area contributed by atoms with Gasteiger partial charge in [-0.25, -0.2) is 0 Å². The molecule has 1 heterocycles. The van der Waals surface area contributed by atoms with E-state index in [2.05, 4.69) is 10.2 Å².